The van der Waals surface area contributed by atoms with Gasteiger partial charge in [0.05, 0.1) is 32.5 Å². The number of rotatable bonds is 10. The molecule has 1 fully saturated rings. The zero-order valence-corrected chi connectivity index (χ0v) is 18.5. The molecule has 6 nitrogen and oxygen atoms in total. The van der Waals surface area contributed by atoms with Crippen molar-refractivity contribution in [1.29, 1.82) is 0 Å². The van der Waals surface area contributed by atoms with Crippen LogP contribution in [0, 0.1) is 0 Å². The molecule has 1 aliphatic rings. The van der Waals surface area contributed by atoms with Crippen molar-refractivity contribution in [3.63, 3.8) is 0 Å². The topological polar surface area (TPSA) is 83.2 Å². The highest BCUT2D eigenvalue weighted by molar-refractivity contribution is 5.15. The molecule has 174 valence electrons. The fraction of sp³-hybridized carbons (Fsp3) is 0.333. The molecule has 1 saturated heterocycles. The molecule has 4 rings (SSSR count). The Balaban J connectivity index is 1.46. The van der Waals surface area contributed by atoms with Crippen molar-refractivity contribution in [3.05, 3.63) is 108 Å². The van der Waals surface area contributed by atoms with Crippen LogP contribution in [0.4, 0.5) is 0 Å². The molecule has 1 heterocycles. The van der Waals surface area contributed by atoms with Gasteiger partial charge in [0.2, 0.25) is 0 Å². The lowest BCUT2D eigenvalue weighted by atomic mass is 9.97. The van der Waals surface area contributed by atoms with Crippen LogP contribution in [0.25, 0.3) is 0 Å². The molecule has 0 bridgehead atoms. The smallest absolute Gasteiger partial charge is 0.173 e. The number of aliphatic hydroxyl groups excluding tert-OH is 1. The number of hydrogen-bond donors (Lipinski definition) is 2. The second-order valence-corrected chi connectivity index (χ2v) is 8.17. The summed E-state index contributed by atoms with van der Waals surface area (Å²) in [5, 5.41) is 10.5. The van der Waals surface area contributed by atoms with Crippen LogP contribution in [0.15, 0.2) is 91.0 Å². The van der Waals surface area contributed by atoms with E-state index in [1.54, 1.807) is 0 Å². The van der Waals surface area contributed by atoms with Gasteiger partial charge in [-0.15, -0.1) is 0 Å². The van der Waals surface area contributed by atoms with Gasteiger partial charge in [0.25, 0.3) is 0 Å². The normalized spacial score (nSPS) is 25.1. The van der Waals surface area contributed by atoms with Crippen molar-refractivity contribution in [3.8, 4) is 0 Å². The van der Waals surface area contributed by atoms with Crippen molar-refractivity contribution in [1.82, 2.24) is 0 Å². The van der Waals surface area contributed by atoms with Crippen LogP contribution in [0.3, 0.4) is 0 Å². The van der Waals surface area contributed by atoms with E-state index in [4.69, 9.17) is 24.7 Å². The fourth-order valence-electron chi connectivity index (χ4n) is 3.88. The summed E-state index contributed by atoms with van der Waals surface area (Å²) in [4.78, 5) is 0. The predicted octanol–water partition coefficient (Wildman–Crippen LogP) is 3.42. The van der Waals surface area contributed by atoms with E-state index in [9.17, 15) is 5.11 Å². The van der Waals surface area contributed by atoms with Gasteiger partial charge in [0, 0.05) is 0 Å². The van der Waals surface area contributed by atoms with Gasteiger partial charge in [0.15, 0.2) is 6.29 Å². The Labute approximate surface area is 194 Å². The summed E-state index contributed by atoms with van der Waals surface area (Å²) >= 11 is 0. The molecule has 0 aliphatic carbocycles. The highest BCUT2D eigenvalue weighted by Gasteiger charge is 2.45. The minimum atomic E-state index is -1.17. The molecule has 6 heteroatoms. The molecule has 3 aromatic carbocycles. The molecular weight excluding hydrogens is 418 g/mol. The van der Waals surface area contributed by atoms with Crippen LogP contribution in [-0.4, -0.2) is 42.4 Å². The lowest BCUT2D eigenvalue weighted by Gasteiger charge is -2.43. The van der Waals surface area contributed by atoms with E-state index < -0.39 is 30.6 Å². The van der Waals surface area contributed by atoms with Crippen LogP contribution < -0.4 is 5.73 Å². The third-order valence-corrected chi connectivity index (χ3v) is 5.68. The summed E-state index contributed by atoms with van der Waals surface area (Å²) in [5.41, 5.74) is 9.42. The summed E-state index contributed by atoms with van der Waals surface area (Å²) in [6, 6.07) is 28.9. The fourth-order valence-corrected chi connectivity index (χ4v) is 3.88. The number of aliphatic hydroxyl groups is 1. The molecule has 0 spiro atoms. The Kier molecular flexibility index (Phi) is 8.60. The monoisotopic (exact) mass is 449 g/mol. The first-order chi connectivity index (χ1) is 16.2. The van der Waals surface area contributed by atoms with Gasteiger partial charge in [0.1, 0.15) is 18.3 Å². The van der Waals surface area contributed by atoms with Gasteiger partial charge < -0.3 is 29.8 Å². The van der Waals surface area contributed by atoms with E-state index in [0.29, 0.717) is 19.8 Å². The first-order valence-electron chi connectivity index (χ1n) is 11.2. The summed E-state index contributed by atoms with van der Waals surface area (Å²) in [6.07, 6.45) is -2.79. The first kappa shape index (κ1) is 23.6. The van der Waals surface area contributed by atoms with Gasteiger partial charge in [-0.1, -0.05) is 91.0 Å². The van der Waals surface area contributed by atoms with Gasteiger partial charge in [-0.2, -0.15) is 0 Å². The number of benzene rings is 3. The van der Waals surface area contributed by atoms with Gasteiger partial charge in [-0.3, -0.25) is 0 Å². The van der Waals surface area contributed by atoms with Crippen LogP contribution >= 0.6 is 0 Å². The average Bonchev–Trinajstić information content (AvgIpc) is 2.86. The maximum atomic E-state index is 10.5. The Hall–Kier alpha value is -2.58. The maximum Gasteiger partial charge on any atom is 0.173 e. The second kappa shape index (κ2) is 12.0. The molecule has 0 saturated carbocycles. The predicted molar refractivity (Wildman–Crippen MR) is 125 cm³/mol. The van der Waals surface area contributed by atoms with E-state index in [-0.39, 0.29) is 6.61 Å². The molecule has 3 N–H and O–H groups in total. The molecule has 0 amide bonds. The molecule has 1 aliphatic heterocycles. The van der Waals surface area contributed by atoms with Gasteiger partial charge in [-0.05, 0) is 16.7 Å². The van der Waals surface area contributed by atoms with E-state index in [1.807, 2.05) is 91.0 Å². The van der Waals surface area contributed by atoms with Crippen LogP contribution in [0.2, 0.25) is 0 Å². The molecular formula is C27H31NO5. The lowest BCUT2D eigenvalue weighted by Crippen LogP contribution is -2.63. The van der Waals surface area contributed by atoms with Crippen molar-refractivity contribution in [2.24, 2.45) is 5.73 Å². The first-order valence-corrected chi connectivity index (χ1v) is 11.2. The lowest BCUT2D eigenvalue weighted by molar-refractivity contribution is -0.273. The van der Waals surface area contributed by atoms with Crippen molar-refractivity contribution in [2.45, 2.75) is 50.5 Å². The van der Waals surface area contributed by atoms with E-state index in [0.717, 1.165) is 16.7 Å². The summed E-state index contributed by atoms with van der Waals surface area (Å²) in [7, 11) is 0. The maximum absolute atomic E-state index is 10.5. The Bertz CT molecular complexity index is 941. The molecule has 0 unspecified atom stereocenters. The van der Waals surface area contributed by atoms with Crippen molar-refractivity contribution in [2.75, 3.05) is 6.61 Å². The number of nitrogens with two attached hydrogens (primary N) is 1. The van der Waals surface area contributed by atoms with Gasteiger partial charge in [-0.25, -0.2) is 0 Å². The Morgan fingerprint density at radius 2 is 1.12 bits per heavy atom. The Morgan fingerprint density at radius 3 is 1.64 bits per heavy atom. The molecule has 0 radical (unpaired) electrons. The molecule has 33 heavy (non-hydrogen) atoms. The highest BCUT2D eigenvalue weighted by atomic mass is 16.7. The summed E-state index contributed by atoms with van der Waals surface area (Å²) in [6.45, 7) is 1.40. The summed E-state index contributed by atoms with van der Waals surface area (Å²) < 4.78 is 24.2. The van der Waals surface area contributed by atoms with Crippen molar-refractivity contribution < 1.29 is 24.1 Å². The van der Waals surface area contributed by atoms with Crippen molar-refractivity contribution >= 4 is 0 Å². The zero-order chi connectivity index (χ0) is 22.9. The average molecular weight is 450 g/mol. The zero-order valence-electron chi connectivity index (χ0n) is 18.5. The Morgan fingerprint density at radius 1 is 0.667 bits per heavy atom. The van der Waals surface area contributed by atoms with E-state index >= 15 is 0 Å². The van der Waals surface area contributed by atoms with E-state index in [1.165, 1.54) is 0 Å². The van der Waals surface area contributed by atoms with E-state index in [2.05, 4.69) is 0 Å². The minimum Gasteiger partial charge on any atom is -0.374 e. The minimum absolute atomic E-state index is 0.239. The quantitative estimate of drug-likeness (QED) is 0.494. The third kappa shape index (κ3) is 6.71. The molecule has 0 aromatic heterocycles. The van der Waals surface area contributed by atoms with Crippen LogP contribution in [0.5, 0.6) is 0 Å². The molecule has 5 atom stereocenters. The second-order valence-electron chi connectivity index (χ2n) is 8.17. The third-order valence-electron chi connectivity index (χ3n) is 5.68. The number of hydrogen-bond acceptors (Lipinski definition) is 6. The van der Waals surface area contributed by atoms with Crippen LogP contribution in [0.1, 0.15) is 16.7 Å². The molecule has 3 aromatic rings. The van der Waals surface area contributed by atoms with Gasteiger partial charge >= 0.3 is 0 Å². The SMILES string of the molecule is N[C@H]1[C@@H](OCc2ccccc2)[C@H](OCc2ccccc2)[C@@H](COCc2ccccc2)O[C@H]1O. The van der Waals surface area contributed by atoms with Crippen LogP contribution in [-0.2, 0) is 38.8 Å². The largest absolute Gasteiger partial charge is 0.374 e. The standard InChI is InChI=1S/C27H31NO5/c28-24-26(32-18-22-14-8-3-9-15-22)25(31-17-21-12-6-2-7-13-21)23(33-27(24)29)19-30-16-20-10-4-1-5-11-20/h1-15,23-27,29H,16-19,28H2/t23-,24+,25-,26-,27-/m1/s1. The number of ether oxygens (including phenoxy) is 4. The highest BCUT2D eigenvalue weighted by Crippen LogP contribution is 2.26. The summed E-state index contributed by atoms with van der Waals surface area (Å²) in [5.74, 6) is 0.